The van der Waals surface area contributed by atoms with Gasteiger partial charge in [-0.1, -0.05) is 36.5 Å². The van der Waals surface area contributed by atoms with Gasteiger partial charge in [-0.05, 0) is 68.6 Å². The van der Waals surface area contributed by atoms with Crippen LogP contribution in [-0.4, -0.2) is 7.12 Å². The first-order valence-corrected chi connectivity index (χ1v) is 9.01. The highest BCUT2D eigenvalue weighted by atomic mass is 16.7. The van der Waals surface area contributed by atoms with Crippen LogP contribution in [0.4, 0.5) is 0 Å². The van der Waals surface area contributed by atoms with Gasteiger partial charge in [0.1, 0.15) is 0 Å². The molecule has 0 amide bonds. The Kier molecular flexibility index (Phi) is 6.11. The molecule has 4 nitrogen and oxygen atoms in total. The average Bonchev–Trinajstić information content (AvgIpc) is 2.64. The number of rotatable bonds is 5. The van der Waals surface area contributed by atoms with E-state index < -0.39 is 7.12 Å². The highest BCUT2D eigenvalue weighted by Gasteiger charge is 2.36. The molecule has 5 heteroatoms. The van der Waals surface area contributed by atoms with Gasteiger partial charge in [-0.3, -0.25) is 0 Å². The molecule has 5 unspecified atom stereocenters. The van der Waals surface area contributed by atoms with Crippen molar-refractivity contribution in [1.29, 1.82) is 0 Å². The van der Waals surface area contributed by atoms with Gasteiger partial charge in [-0.15, -0.1) is 0 Å². The molecular formula is C18H29BN2O2. The van der Waals surface area contributed by atoms with Gasteiger partial charge >= 0.3 is 7.12 Å². The second-order valence-electron chi connectivity index (χ2n) is 7.33. The summed E-state index contributed by atoms with van der Waals surface area (Å²) in [4.78, 5) is 0. The summed E-state index contributed by atoms with van der Waals surface area (Å²) in [5, 5.41) is 0. The van der Waals surface area contributed by atoms with Crippen LogP contribution in [0.2, 0.25) is 5.82 Å². The molecule has 0 spiro atoms. The van der Waals surface area contributed by atoms with Gasteiger partial charge in [0.2, 0.25) is 0 Å². The highest BCUT2D eigenvalue weighted by Crippen LogP contribution is 2.42. The van der Waals surface area contributed by atoms with E-state index in [1.807, 2.05) is 0 Å². The molecule has 3 rings (SSSR count). The van der Waals surface area contributed by atoms with Crippen molar-refractivity contribution in [1.82, 2.24) is 0 Å². The molecule has 3 aliphatic carbocycles. The van der Waals surface area contributed by atoms with E-state index >= 15 is 0 Å². The van der Waals surface area contributed by atoms with E-state index in [-0.39, 0.29) is 5.82 Å². The van der Waals surface area contributed by atoms with E-state index in [9.17, 15) is 0 Å². The average molecular weight is 316 g/mol. The Morgan fingerprint density at radius 3 is 2.17 bits per heavy atom. The molecule has 0 aromatic heterocycles. The van der Waals surface area contributed by atoms with Gasteiger partial charge < -0.3 is 9.51 Å². The zero-order valence-electron chi connectivity index (χ0n) is 13.8. The Morgan fingerprint density at radius 2 is 1.48 bits per heavy atom. The fraction of sp³-hybridized carbons (Fsp3) is 0.667. The Hall–Kier alpha value is -0.875. The molecule has 0 fully saturated rings. The molecule has 0 saturated carbocycles. The second-order valence-corrected chi connectivity index (χ2v) is 7.33. The summed E-state index contributed by atoms with van der Waals surface area (Å²) in [6.45, 7) is 0. The molecule has 23 heavy (non-hydrogen) atoms. The first-order valence-electron chi connectivity index (χ1n) is 9.01. The van der Waals surface area contributed by atoms with E-state index in [1.54, 1.807) is 0 Å². The van der Waals surface area contributed by atoms with Crippen LogP contribution in [0.1, 0.15) is 44.9 Å². The van der Waals surface area contributed by atoms with Crippen molar-refractivity contribution in [3.05, 3.63) is 36.5 Å². The van der Waals surface area contributed by atoms with Gasteiger partial charge in [0.15, 0.2) is 0 Å². The molecule has 0 bridgehead atoms. The van der Waals surface area contributed by atoms with Gasteiger partial charge in [0, 0.05) is 5.82 Å². The SMILES string of the molecule is NOB(ON)C1CC=CC(C2C=CCC(C3CC=CCC3)C2)C1. The lowest BCUT2D eigenvalue weighted by atomic mass is 9.61. The summed E-state index contributed by atoms with van der Waals surface area (Å²) < 4.78 is 9.77. The van der Waals surface area contributed by atoms with Crippen molar-refractivity contribution in [3.63, 3.8) is 0 Å². The third-order valence-corrected chi connectivity index (χ3v) is 5.97. The van der Waals surface area contributed by atoms with Crippen LogP contribution in [0, 0.1) is 23.7 Å². The number of hydrogen-bond donors (Lipinski definition) is 2. The monoisotopic (exact) mass is 316 g/mol. The zero-order chi connectivity index (χ0) is 16.1. The second kappa shape index (κ2) is 8.29. The Bertz CT molecular complexity index is 462. The van der Waals surface area contributed by atoms with Crippen LogP contribution in [0.15, 0.2) is 36.5 Å². The smallest absolute Gasteiger partial charge is 0.328 e. The summed E-state index contributed by atoms with van der Waals surface area (Å²) >= 11 is 0. The summed E-state index contributed by atoms with van der Waals surface area (Å²) in [6, 6.07) is 0. The third-order valence-electron chi connectivity index (χ3n) is 5.97. The zero-order valence-corrected chi connectivity index (χ0v) is 13.8. The van der Waals surface area contributed by atoms with Crippen LogP contribution in [0.3, 0.4) is 0 Å². The molecule has 0 aromatic rings. The minimum absolute atomic E-state index is 0.242. The lowest BCUT2D eigenvalue weighted by Gasteiger charge is -2.37. The summed E-state index contributed by atoms with van der Waals surface area (Å²) in [7, 11) is -0.505. The van der Waals surface area contributed by atoms with E-state index in [0.717, 1.165) is 24.7 Å². The van der Waals surface area contributed by atoms with Crippen molar-refractivity contribution >= 4 is 7.12 Å². The van der Waals surface area contributed by atoms with Crippen molar-refractivity contribution in [2.24, 2.45) is 35.5 Å². The van der Waals surface area contributed by atoms with Crippen molar-refractivity contribution in [3.8, 4) is 0 Å². The van der Waals surface area contributed by atoms with E-state index in [0.29, 0.717) is 11.8 Å². The first-order chi connectivity index (χ1) is 11.3. The summed E-state index contributed by atoms with van der Waals surface area (Å²) in [5.74, 6) is 13.7. The molecule has 126 valence electrons. The van der Waals surface area contributed by atoms with Gasteiger partial charge in [-0.2, -0.15) is 0 Å². The molecule has 4 N–H and O–H groups in total. The Morgan fingerprint density at radius 1 is 0.783 bits per heavy atom. The maximum atomic E-state index is 5.31. The lowest BCUT2D eigenvalue weighted by Crippen LogP contribution is -2.37. The molecule has 0 aliphatic heterocycles. The van der Waals surface area contributed by atoms with E-state index in [1.165, 1.54) is 32.1 Å². The molecule has 0 saturated heterocycles. The third kappa shape index (κ3) is 4.15. The van der Waals surface area contributed by atoms with Crippen LogP contribution < -0.4 is 11.8 Å². The largest absolute Gasteiger partial charge is 0.494 e. The molecule has 5 atom stereocenters. The fourth-order valence-corrected chi connectivity index (χ4v) is 4.65. The highest BCUT2D eigenvalue weighted by molar-refractivity contribution is 6.46. The predicted molar refractivity (Wildman–Crippen MR) is 93.7 cm³/mol. The minimum atomic E-state index is -0.505. The molecule has 3 aliphatic rings. The summed E-state index contributed by atoms with van der Waals surface area (Å²) in [6.07, 6.45) is 22.5. The lowest BCUT2D eigenvalue weighted by molar-refractivity contribution is 0.183. The standard InChI is InChI=1S/C18H29BN2O2/c20-22-19(23-21)18-11-5-10-17(13-18)16-9-4-8-15(12-16)14-6-2-1-3-7-14/h1-2,4-5,9-10,14-18H,3,6-8,11-13,20-21H2. The van der Waals surface area contributed by atoms with Gasteiger partial charge in [-0.25, -0.2) is 11.8 Å². The maximum Gasteiger partial charge on any atom is 0.494 e. The molecular weight excluding hydrogens is 287 g/mol. The molecule has 0 aromatic carbocycles. The maximum absolute atomic E-state index is 5.31. The number of nitrogens with two attached hydrogens (primary N) is 2. The van der Waals surface area contributed by atoms with Crippen LogP contribution in [0.25, 0.3) is 0 Å². The Balaban J connectivity index is 1.61. The van der Waals surface area contributed by atoms with Crippen LogP contribution in [-0.2, 0) is 9.51 Å². The van der Waals surface area contributed by atoms with Crippen molar-refractivity contribution < 1.29 is 9.51 Å². The van der Waals surface area contributed by atoms with Gasteiger partial charge in [0.25, 0.3) is 0 Å². The van der Waals surface area contributed by atoms with Gasteiger partial charge in [0.05, 0.1) is 0 Å². The van der Waals surface area contributed by atoms with E-state index in [2.05, 4.69) is 36.5 Å². The molecule has 0 heterocycles. The van der Waals surface area contributed by atoms with Crippen LogP contribution in [0.5, 0.6) is 0 Å². The fourth-order valence-electron chi connectivity index (χ4n) is 4.65. The van der Waals surface area contributed by atoms with Crippen LogP contribution >= 0.6 is 0 Å². The number of allylic oxidation sites excluding steroid dienone is 6. The van der Waals surface area contributed by atoms with Crippen molar-refractivity contribution in [2.45, 2.75) is 50.8 Å². The van der Waals surface area contributed by atoms with Crippen molar-refractivity contribution in [2.75, 3.05) is 0 Å². The summed E-state index contributed by atoms with van der Waals surface area (Å²) in [5.41, 5.74) is 0. The predicted octanol–water partition coefficient (Wildman–Crippen LogP) is 3.53. The minimum Gasteiger partial charge on any atom is -0.328 e. The molecule has 0 radical (unpaired) electrons. The van der Waals surface area contributed by atoms with E-state index in [4.69, 9.17) is 21.3 Å². The normalized spacial score (nSPS) is 37.0. The number of hydrogen-bond acceptors (Lipinski definition) is 4. The first kappa shape index (κ1) is 17.0. The quantitative estimate of drug-likeness (QED) is 0.462. The topological polar surface area (TPSA) is 70.5 Å². The Labute approximate surface area is 140 Å².